The third kappa shape index (κ3) is 4.25. The summed E-state index contributed by atoms with van der Waals surface area (Å²) in [7, 11) is 0. The fourth-order valence-corrected chi connectivity index (χ4v) is 3.10. The van der Waals surface area contributed by atoms with Crippen LogP contribution in [0.5, 0.6) is 5.75 Å². The maximum absolute atomic E-state index is 5.62. The number of hydrogen-bond donors (Lipinski definition) is 1. The Hall–Kier alpha value is -0.670. The van der Waals surface area contributed by atoms with E-state index in [2.05, 4.69) is 29.6 Å². The highest BCUT2D eigenvalue weighted by Gasteiger charge is 2.14. The van der Waals surface area contributed by atoms with Gasteiger partial charge in [0.1, 0.15) is 5.75 Å². The first-order chi connectivity index (χ1) is 8.24. The molecule has 3 heteroatoms. The van der Waals surface area contributed by atoms with Crippen LogP contribution < -0.4 is 10.1 Å². The van der Waals surface area contributed by atoms with Gasteiger partial charge >= 0.3 is 0 Å². The molecule has 1 aromatic rings. The first-order valence-corrected chi connectivity index (χ1v) is 7.46. The van der Waals surface area contributed by atoms with E-state index < -0.39 is 0 Å². The molecule has 1 atom stereocenters. The minimum Gasteiger partial charge on any atom is -0.491 e. The van der Waals surface area contributed by atoms with Gasteiger partial charge in [0, 0.05) is 18.3 Å². The van der Waals surface area contributed by atoms with Gasteiger partial charge in [-0.1, -0.05) is 12.1 Å². The van der Waals surface area contributed by atoms with E-state index in [9.17, 15) is 0 Å². The highest BCUT2D eigenvalue weighted by atomic mass is 32.2. The van der Waals surface area contributed by atoms with Crippen molar-refractivity contribution in [2.75, 3.05) is 11.5 Å². The van der Waals surface area contributed by atoms with Crippen LogP contribution in [0.25, 0.3) is 0 Å². The van der Waals surface area contributed by atoms with Crippen molar-refractivity contribution in [1.82, 2.24) is 5.32 Å². The maximum Gasteiger partial charge on any atom is 0.119 e. The first-order valence-electron chi connectivity index (χ1n) is 6.31. The Kier molecular flexibility index (Phi) is 4.75. The van der Waals surface area contributed by atoms with Crippen LogP contribution in [-0.4, -0.2) is 23.7 Å². The molecule has 17 heavy (non-hydrogen) atoms. The second-order valence-electron chi connectivity index (χ2n) is 4.75. The van der Waals surface area contributed by atoms with E-state index in [1.807, 2.05) is 25.6 Å². The van der Waals surface area contributed by atoms with E-state index in [4.69, 9.17) is 4.74 Å². The topological polar surface area (TPSA) is 21.3 Å². The minimum atomic E-state index is 0.245. The second kappa shape index (κ2) is 6.31. The standard InChI is InChI=1S/C14H21NOS/c1-11(2)16-14-5-3-12(4-6-14)9-15-13-7-8-17-10-13/h3-6,11,13,15H,7-10H2,1-2H3. The van der Waals surface area contributed by atoms with Crippen LogP contribution >= 0.6 is 11.8 Å². The lowest BCUT2D eigenvalue weighted by molar-refractivity contribution is 0.242. The summed E-state index contributed by atoms with van der Waals surface area (Å²) in [5.41, 5.74) is 1.33. The second-order valence-corrected chi connectivity index (χ2v) is 5.90. The molecule has 0 aliphatic carbocycles. The van der Waals surface area contributed by atoms with Gasteiger partial charge in [0.05, 0.1) is 6.10 Å². The van der Waals surface area contributed by atoms with Crippen molar-refractivity contribution < 1.29 is 4.74 Å². The smallest absolute Gasteiger partial charge is 0.119 e. The molecule has 1 N–H and O–H groups in total. The lowest BCUT2D eigenvalue weighted by atomic mass is 10.2. The fraction of sp³-hybridized carbons (Fsp3) is 0.571. The van der Waals surface area contributed by atoms with Gasteiger partial charge < -0.3 is 10.1 Å². The normalized spacial score (nSPS) is 19.8. The predicted molar refractivity (Wildman–Crippen MR) is 74.8 cm³/mol. The summed E-state index contributed by atoms with van der Waals surface area (Å²) in [6.45, 7) is 5.06. The van der Waals surface area contributed by atoms with Crippen LogP contribution in [0.2, 0.25) is 0 Å². The zero-order chi connectivity index (χ0) is 12.1. The highest BCUT2D eigenvalue weighted by molar-refractivity contribution is 7.99. The summed E-state index contributed by atoms with van der Waals surface area (Å²) >= 11 is 2.04. The Labute approximate surface area is 108 Å². The summed E-state index contributed by atoms with van der Waals surface area (Å²) in [6.07, 6.45) is 1.55. The molecular formula is C14H21NOS. The molecule has 1 fully saturated rings. The van der Waals surface area contributed by atoms with Gasteiger partial charge in [-0.05, 0) is 43.7 Å². The summed E-state index contributed by atoms with van der Waals surface area (Å²) in [4.78, 5) is 0. The van der Waals surface area contributed by atoms with Crippen LogP contribution in [0.3, 0.4) is 0 Å². The van der Waals surface area contributed by atoms with Crippen LogP contribution in [-0.2, 0) is 6.54 Å². The molecule has 0 radical (unpaired) electrons. The molecule has 1 aliphatic heterocycles. The van der Waals surface area contributed by atoms with Gasteiger partial charge in [0.15, 0.2) is 0 Å². The molecule has 0 saturated carbocycles. The molecule has 1 aromatic carbocycles. The predicted octanol–water partition coefficient (Wildman–Crippen LogP) is 3.07. The summed E-state index contributed by atoms with van der Waals surface area (Å²) in [5.74, 6) is 3.52. The van der Waals surface area contributed by atoms with Gasteiger partial charge in [-0.25, -0.2) is 0 Å². The summed E-state index contributed by atoms with van der Waals surface area (Å²) < 4.78 is 5.62. The molecule has 1 unspecified atom stereocenters. The molecule has 0 aromatic heterocycles. The summed E-state index contributed by atoms with van der Waals surface area (Å²) in [6, 6.07) is 9.10. The molecule has 1 heterocycles. The molecule has 1 saturated heterocycles. The molecule has 2 rings (SSSR count). The Bertz CT molecular complexity index is 331. The molecule has 0 amide bonds. The van der Waals surface area contributed by atoms with E-state index in [0.717, 1.165) is 12.3 Å². The van der Waals surface area contributed by atoms with Crippen molar-refractivity contribution in [3.05, 3.63) is 29.8 Å². The van der Waals surface area contributed by atoms with Gasteiger partial charge in [-0.3, -0.25) is 0 Å². The van der Waals surface area contributed by atoms with E-state index in [-0.39, 0.29) is 6.10 Å². The van der Waals surface area contributed by atoms with E-state index in [1.165, 1.54) is 23.5 Å². The fourth-order valence-electron chi connectivity index (χ4n) is 1.92. The molecule has 2 nitrogen and oxygen atoms in total. The van der Waals surface area contributed by atoms with Crippen molar-refractivity contribution in [1.29, 1.82) is 0 Å². The van der Waals surface area contributed by atoms with Crippen LogP contribution in [0, 0.1) is 0 Å². The Morgan fingerprint density at radius 3 is 2.71 bits per heavy atom. The lowest BCUT2D eigenvalue weighted by Crippen LogP contribution is -2.27. The Balaban J connectivity index is 1.80. The van der Waals surface area contributed by atoms with E-state index in [0.29, 0.717) is 6.04 Å². The number of rotatable bonds is 5. The zero-order valence-corrected chi connectivity index (χ0v) is 11.4. The summed E-state index contributed by atoms with van der Waals surface area (Å²) in [5, 5.41) is 3.60. The van der Waals surface area contributed by atoms with Gasteiger partial charge in [-0.2, -0.15) is 11.8 Å². The Morgan fingerprint density at radius 2 is 2.12 bits per heavy atom. The van der Waals surface area contributed by atoms with Crippen molar-refractivity contribution in [2.24, 2.45) is 0 Å². The number of nitrogens with one attached hydrogen (secondary N) is 1. The van der Waals surface area contributed by atoms with Crippen LogP contribution in [0.15, 0.2) is 24.3 Å². The van der Waals surface area contributed by atoms with Crippen LogP contribution in [0.4, 0.5) is 0 Å². The Morgan fingerprint density at radius 1 is 1.35 bits per heavy atom. The average Bonchev–Trinajstić information content (AvgIpc) is 2.80. The SMILES string of the molecule is CC(C)Oc1ccc(CNC2CCSC2)cc1. The molecule has 0 spiro atoms. The number of benzene rings is 1. The van der Waals surface area contributed by atoms with Gasteiger partial charge in [0.25, 0.3) is 0 Å². The quantitative estimate of drug-likeness (QED) is 0.869. The van der Waals surface area contributed by atoms with Crippen molar-refractivity contribution in [3.8, 4) is 5.75 Å². The number of thioether (sulfide) groups is 1. The number of hydrogen-bond acceptors (Lipinski definition) is 3. The number of ether oxygens (including phenoxy) is 1. The average molecular weight is 251 g/mol. The molecule has 94 valence electrons. The third-order valence-electron chi connectivity index (χ3n) is 2.82. The monoisotopic (exact) mass is 251 g/mol. The molecule has 1 aliphatic rings. The zero-order valence-electron chi connectivity index (χ0n) is 10.6. The maximum atomic E-state index is 5.62. The molecular weight excluding hydrogens is 230 g/mol. The minimum absolute atomic E-state index is 0.245. The van der Waals surface area contributed by atoms with Crippen molar-refractivity contribution >= 4 is 11.8 Å². The lowest BCUT2D eigenvalue weighted by Gasteiger charge is -2.12. The van der Waals surface area contributed by atoms with E-state index >= 15 is 0 Å². The van der Waals surface area contributed by atoms with Crippen LogP contribution in [0.1, 0.15) is 25.8 Å². The highest BCUT2D eigenvalue weighted by Crippen LogP contribution is 2.18. The largest absolute Gasteiger partial charge is 0.491 e. The third-order valence-corrected chi connectivity index (χ3v) is 3.98. The van der Waals surface area contributed by atoms with Crippen molar-refractivity contribution in [3.63, 3.8) is 0 Å². The molecule has 0 bridgehead atoms. The van der Waals surface area contributed by atoms with E-state index in [1.54, 1.807) is 0 Å². The van der Waals surface area contributed by atoms with Gasteiger partial charge in [0.2, 0.25) is 0 Å². The van der Waals surface area contributed by atoms with Crippen molar-refractivity contribution in [2.45, 2.75) is 39.0 Å². The first kappa shape index (κ1) is 12.8. The van der Waals surface area contributed by atoms with Gasteiger partial charge in [-0.15, -0.1) is 0 Å².